The molecule has 6 heteroatoms. The molecule has 2 amide bonds. The Morgan fingerprint density at radius 1 is 1.00 bits per heavy atom. The highest BCUT2D eigenvalue weighted by Gasteiger charge is 2.32. The van der Waals surface area contributed by atoms with Crippen molar-refractivity contribution in [2.75, 3.05) is 26.2 Å². The van der Waals surface area contributed by atoms with Crippen molar-refractivity contribution in [3.63, 3.8) is 0 Å². The first-order valence-corrected chi connectivity index (χ1v) is 11.0. The van der Waals surface area contributed by atoms with Crippen molar-refractivity contribution in [3.05, 3.63) is 40.8 Å². The van der Waals surface area contributed by atoms with Crippen molar-refractivity contribution in [1.82, 2.24) is 9.80 Å². The van der Waals surface area contributed by atoms with Crippen molar-refractivity contribution in [2.24, 2.45) is 5.92 Å². The Morgan fingerprint density at radius 3 is 2.54 bits per heavy atom. The lowest BCUT2D eigenvalue weighted by Crippen LogP contribution is -2.43. The van der Waals surface area contributed by atoms with Gasteiger partial charge in [-0.15, -0.1) is 11.3 Å². The van der Waals surface area contributed by atoms with Crippen molar-refractivity contribution < 1.29 is 14.3 Å². The minimum atomic E-state index is 0.0824. The van der Waals surface area contributed by atoms with Crippen LogP contribution in [0, 0.1) is 5.92 Å². The zero-order valence-electron chi connectivity index (χ0n) is 15.9. The van der Waals surface area contributed by atoms with E-state index in [1.54, 1.807) is 11.3 Å². The monoisotopic (exact) mass is 396 g/mol. The fourth-order valence-corrected chi connectivity index (χ4v) is 5.65. The first kappa shape index (κ1) is 17.7. The highest BCUT2D eigenvalue weighted by molar-refractivity contribution is 7.17. The number of nitrogens with zero attached hydrogens (tertiary/aromatic N) is 2. The van der Waals surface area contributed by atoms with E-state index in [-0.39, 0.29) is 11.8 Å². The quantitative estimate of drug-likeness (QED) is 0.776. The molecule has 5 nitrogen and oxygen atoms in total. The van der Waals surface area contributed by atoms with E-state index in [4.69, 9.17) is 4.74 Å². The van der Waals surface area contributed by atoms with Gasteiger partial charge in [0.2, 0.25) is 5.91 Å². The Bertz CT molecular complexity index is 908. The molecule has 0 saturated carbocycles. The molecule has 146 valence electrons. The maximum Gasteiger partial charge on any atom is 0.263 e. The molecule has 3 aliphatic heterocycles. The number of hydrogen-bond acceptors (Lipinski definition) is 4. The molecule has 1 aromatic carbocycles. The average Bonchev–Trinajstić information content (AvgIpc) is 3.43. The lowest BCUT2D eigenvalue weighted by Gasteiger charge is -2.33. The molecule has 2 saturated heterocycles. The van der Waals surface area contributed by atoms with E-state index in [0.717, 1.165) is 65.4 Å². The number of piperidine rings is 1. The molecule has 2 aromatic rings. The first-order valence-electron chi connectivity index (χ1n) is 10.1. The number of carbonyl (C=O) groups is 2. The molecule has 0 spiro atoms. The highest BCUT2D eigenvalue weighted by atomic mass is 32.1. The second kappa shape index (κ2) is 7.24. The number of fused-ring (bicyclic) bond motifs is 3. The molecule has 1 aromatic heterocycles. The summed E-state index contributed by atoms with van der Waals surface area (Å²) in [6.07, 6.45) is 3.80. The standard InChI is InChI=1S/C22H24N2O3S/c25-21(23-9-3-4-10-23)15-7-11-24(12-8-15)22(26)19-13-16-14-27-18-6-2-1-5-17(18)20(16)28-19/h1-2,5-6,13,15H,3-4,7-12,14H2. The van der Waals surface area contributed by atoms with E-state index >= 15 is 0 Å². The molecule has 2 fully saturated rings. The zero-order chi connectivity index (χ0) is 19.1. The van der Waals surface area contributed by atoms with Gasteiger partial charge in [0, 0.05) is 48.1 Å². The van der Waals surface area contributed by atoms with Gasteiger partial charge in [-0.2, -0.15) is 0 Å². The summed E-state index contributed by atoms with van der Waals surface area (Å²) in [6, 6.07) is 9.98. The molecule has 0 N–H and O–H groups in total. The van der Waals surface area contributed by atoms with E-state index in [2.05, 4.69) is 0 Å². The van der Waals surface area contributed by atoms with Gasteiger partial charge < -0.3 is 14.5 Å². The molecule has 28 heavy (non-hydrogen) atoms. The van der Waals surface area contributed by atoms with Crippen molar-refractivity contribution in [2.45, 2.75) is 32.3 Å². The summed E-state index contributed by atoms with van der Waals surface area (Å²) in [5, 5.41) is 0. The number of para-hydroxylation sites is 1. The van der Waals surface area contributed by atoms with Gasteiger partial charge in [-0.05, 0) is 43.9 Å². The van der Waals surface area contributed by atoms with Gasteiger partial charge in [-0.25, -0.2) is 0 Å². The summed E-state index contributed by atoms with van der Waals surface area (Å²) in [6.45, 7) is 3.66. The molecule has 0 bridgehead atoms. The van der Waals surface area contributed by atoms with Crippen LogP contribution in [0.3, 0.4) is 0 Å². The third-order valence-corrected chi connectivity index (χ3v) is 7.28. The SMILES string of the molecule is O=C(c1cc2c(s1)-c1ccccc1OC2)N1CCC(C(=O)N2CCCC2)CC1. The van der Waals surface area contributed by atoms with E-state index in [1.807, 2.05) is 40.1 Å². The minimum absolute atomic E-state index is 0.0824. The van der Waals surface area contributed by atoms with Crippen LogP contribution in [0.1, 0.15) is 40.9 Å². The lowest BCUT2D eigenvalue weighted by molar-refractivity contribution is -0.135. The molecule has 4 heterocycles. The molecule has 3 aliphatic rings. The van der Waals surface area contributed by atoms with Gasteiger partial charge in [0.25, 0.3) is 5.91 Å². The summed E-state index contributed by atoms with van der Waals surface area (Å²) < 4.78 is 5.82. The normalized spacial score (nSPS) is 19.1. The predicted octanol–water partition coefficient (Wildman–Crippen LogP) is 3.78. The summed E-state index contributed by atoms with van der Waals surface area (Å²) in [7, 11) is 0. The number of amides is 2. The van der Waals surface area contributed by atoms with Crippen molar-refractivity contribution in [3.8, 4) is 16.2 Å². The topological polar surface area (TPSA) is 49.9 Å². The Balaban J connectivity index is 1.27. The van der Waals surface area contributed by atoms with E-state index < -0.39 is 0 Å². The van der Waals surface area contributed by atoms with Gasteiger partial charge in [0.1, 0.15) is 12.4 Å². The molecular weight excluding hydrogens is 372 g/mol. The number of rotatable bonds is 2. The third-order valence-electron chi connectivity index (χ3n) is 6.08. The Hall–Kier alpha value is -2.34. The number of likely N-dealkylation sites (tertiary alicyclic amines) is 2. The predicted molar refractivity (Wildman–Crippen MR) is 109 cm³/mol. The minimum Gasteiger partial charge on any atom is -0.488 e. The maximum atomic E-state index is 13.1. The number of hydrogen-bond donors (Lipinski definition) is 0. The first-order chi connectivity index (χ1) is 13.7. The molecule has 0 atom stereocenters. The third kappa shape index (κ3) is 3.09. The summed E-state index contributed by atoms with van der Waals surface area (Å²) >= 11 is 1.56. The fraction of sp³-hybridized carbons (Fsp3) is 0.455. The van der Waals surface area contributed by atoms with Crippen LogP contribution in [-0.2, 0) is 11.4 Å². The van der Waals surface area contributed by atoms with Crippen molar-refractivity contribution >= 4 is 23.2 Å². The van der Waals surface area contributed by atoms with Crippen LogP contribution < -0.4 is 4.74 Å². The van der Waals surface area contributed by atoms with Crippen LogP contribution in [0.15, 0.2) is 30.3 Å². The van der Waals surface area contributed by atoms with Crippen molar-refractivity contribution in [1.29, 1.82) is 0 Å². The number of benzene rings is 1. The number of ether oxygens (including phenoxy) is 1. The van der Waals surface area contributed by atoms with Crippen LogP contribution in [0.4, 0.5) is 0 Å². The van der Waals surface area contributed by atoms with Crippen LogP contribution >= 0.6 is 11.3 Å². The van der Waals surface area contributed by atoms with E-state index in [9.17, 15) is 9.59 Å². The van der Waals surface area contributed by atoms with Gasteiger partial charge in [0.15, 0.2) is 0 Å². The maximum absolute atomic E-state index is 13.1. The molecule has 0 radical (unpaired) electrons. The van der Waals surface area contributed by atoms with E-state index in [0.29, 0.717) is 25.6 Å². The van der Waals surface area contributed by atoms with Gasteiger partial charge in [0.05, 0.1) is 4.88 Å². The smallest absolute Gasteiger partial charge is 0.263 e. The Kier molecular flexibility index (Phi) is 4.59. The summed E-state index contributed by atoms with van der Waals surface area (Å²) in [5.41, 5.74) is 2.16. The van der Waals surface area contributed by atoms with E-state index in [1.165, 1.54) is 0 Å². The molecule has 0 unspecified atom stereocenters. The molecule has 0 aliphatic carbocycles. The highest BCUT2D eigenvalue weighted by Crippen LogP contribution is 2.42. The lowest BCUT2D eigenvalue weighted by atomic mass is 9.95. The van der Waals surface area contributed by atoms with Gasteiger partial charge in [-0.1, -0.05) is 12.1 Å². The Labute approximate surface area is 168 Å². The van der Waals surface area contributed by atoms with Crippen LogP contribution in [0.25, 0.3) is 10.4 Å². The second-order valence-electron chi connectivity index (χ2n) is 7.85. The summed E-state index contributed by atoms with van der Waals surface area (Å²) in [4.78, 5) is 31.5. The largest absolute Gasteiger partial charge is 0.488 e. The molecule has 5 rings (SSSR count). The number of thiophene rings is 1. The van der Waals surface area contributed by atoms with Gasteiger partial charge in [-0.3, -0.25) is 9.59 Å². The summed E-state index contributed by atoms with van der Waals surface area (Å²) in [5.74, 6) is 1.35. The number of carbonyl (C=O) groups excluding carboxylic acids is 2. The average molecular weight is 397 g/mol. The zero-order valence-corrected chi connectivity index (χ0v) is 16.7. The van der Waals surface area contributed by atoms with Crippen LogP contribution in [-0.4, -0.2) is 47.8 Å². The molecular formula is C22H24N2O3S. The Morgan fingerprint density at radius 2 is 1.75 bits per heavy atom. The second-order valence-corrected chi connectivity index (χ2v) is 8.90. The van der Waals surface area contributed by atoms with Gasteiger partial charge >= 0.3 is 0 Å². The van der Waals surface area contributed by atoms with Crippen LogP contribution in [0.5, 0.6) is 5.75 Å². The fourth-order valence-electron chi connectivity index (χ4n) is 4.49. The van der Waals surface area contributed by atoms with Crippen LogP contribution in [0.2, 0.25) is 0 Å².